The van der Waals surface area contributed by atoms with Crippen molar-refractivity contribution in [3.05, 3.63) is 16.1 Å². The number of rotatable bonds is 8. The second kappa shape index (κ2) is 8.58. The monoisotopic (exact) mass is 315 g/mol. The van der Waals surface area contributed by atoms with Crippen molar-refractivity contribution in [2.24, 2.45) is 0 Å². The number of carbonyl (C=O) groups is 2. The molecule has 118 valence electrons. The molecule has 2 amide bonds. The van der Waals surface area contributed by atoms with Crippen LogP contribution in [0.15, 0.2) is 5.38 Å². The minimum Gasteiger partial charge on any atom is -0.476 e. The van der Waals surface area contributed by atoms with Crippen molar-refractivity contribution < 1.29 is 19.8 Å². The Morgan fingerprint density at radius 3 is 2.71 bits per heavy atom. The number of aromatic nitrogens is 1. The van der Waals surface area contributed by atoms with E-state index in [2.05, 4.69) is 10.3 Å². The van der Waals surface area contributed by atoms with Gasteiger partial charge in [-0.3, -0.25) is 0 Å². The largest absolute Gasteiger partial charge is 0.476 e. The molecule has 0 aromatic carbocycles. The van der Waals surface area contributed by atoms with E-state index in [0.29, 0.717) is 30.9 Å². The Hall–Kier alpha value is -1.67. The maximum atomic E-state index is 12.0. The molecule has 8 heteroatoms. The van der Waals surface area contributed by atoms with Gasteiger partial charge >= 0.3 is 12.0 Å². The minimum atomic E-state index is -1.04. The van der Waals surface area contributed by atoms with Gasteiger partial charge in [-0.2, -0.15) is 0 Å². The number of aromatic carboxylic acids is 1. The van der Waals surface area contributed by atoms with Gasteiger partial charge in [0.05, 0.1) is 5.01 Å². The van der Waals surface area contributed by atoms with Crippen LogP contribution in [0.3, 0.4) is 0 Å². The summed E-state index contributed by atoms with van der Waals surface area (Å²) in [6.07, 6.45) is 1.04. The van der Waals surface area contributed by atoms with E-state index in [-0.39, 0.29) is 24.4 Å². The number of hydrogen-bond donors (Lipinski definition) is 3. The molecule has 0 spiro atoms. The van der Waals surface area contributed by atoms with Crippen LogP contribution in [-0.4, -0.2) is 57.8 Å². The van der Waals surface area contributed by atoms with Gasteiger partial charge in [0, 0.05) is 37.5 Å². The molecule has 0 bridgehead atoms. The maximum absolute atomic E-state index is 12.0. The Morgan fingerprint density at radius 1 is 1.48 bits per heavy atom. The van der Waals surface area contributed by atoms with E-state index < -0.39 is 5.97 Å². The van der Waals surface area contributed by atoms with Crippen LogP contribution in [0.2, 0.25) is 0 Å². The number of nitrogens with zero attached hydrogens (tertiary/aromatic N) is 2. The summed E-state index contributed by atoms with van der Waals surface area (Å²) in [5.74, 6) is -1.04. The second-order valence-corrected chi connectivity index (χ2v) is 5.72. The van der Waals surface area contributed by atoms with Gasteiger partial charge in [-0.25, -0.2) is 14.6 Å². The molecule has 0 fully saturated rings. The van der Waals surface area contributed by atoms with Crippen LogP contribution >= 0.6 is 11.3 Å². The van der Waals surface area contributed by atoms with Crippen molar-refractivity contribution in [2.45, 2.75) is 32.7 Å². The summed E-state index contributed by atoms with van der Waals surface area (Å²) >= 11 is 1.27. The number of nitrogens with one attached hydrogen (secondary N) is 1. The molecule has 0 atom stereocenters. The molecule has 3 N–H and O–H groups in total. The summed E-state index contributed by atoms with van der Waals surface area (Å²) in [6.45, 7) is 4.77. The highest BCUT2D eigenvalue weighted by Gasteiger charge is 2.16. The SMILES string of the molecule is CC(C)N(CCCO)C(=O)NCCc1nc(C(=O)O)cs1. The standard InChI is InChI=1S/C13H21N3O4S/c1-9(2)16(6-3-7-17)13(20)14-5-4-11-15-10(8-21-11)12(18)19/h8-9,17H,3-7H2,1-2H3,(H,14,20)(H,18,19). The van der Waals surface area contributed by atoms with Crippen LogP contribution in [0.1, 0.15) is 35.8 Å². The highest BCUT2D eigenvalue weighted by molar-refractivity contribution is 7.09. The molecule has 0 aliphatic heterocycles. The number of thiazole rings is 1. The van der Waals surface area contributed by atoms with Crippen molar-refractivity contribution in [3.63, 3.8) is 0 Å². The van der Waals surface area contributed by atoms with Gasteiger partial charge in [-0.1, -0.05) is 0 Å². The van der Waals surface area contributed by atoms with E-state index in [9.17, 15) is 9.59 Å². The number of carboxylic acid groups (broad SMARTS) is 1. The molecule has 1 rings (SSSR count). The van der Waals surface area contributed by atoms with Crippen LogP contribution < -0.4 is 5.32 Å². The molecule has 0 radical (unpaired) electrons. The average Bonchev–Trinajstić information content (AvgIpc) is 2.88. The smallest absolute Gasteiger partial charge is 0.355 e. The van der Waals surface area contributed by atoms with Crippen molar-refractivity contribution in [2.75, 3.05) is 19.7 Å². The zero-order chi connectivity index (χ0) is 15.8. The number of hydrogen-bond acceptors (Lipinski definition) is 5. The van der Waals surface area contributed by atoms with Gasteiger partial charge in [0.2, 0.25) is 0 Å². The Morgan fingerprint density at radius 2 is 2.19 bits per heavy atom. The third kappa shape index (κ3) is 5.68. The van der Waals surface area contributed by atoms with Gasteiger partial charge < -0.3 is 20.4 Å². The Bertz CT molecular complexity index is 476. The van der Waals surface area contributed by atoms with E-state index in [1.807, 2.05) is 13.8 Å². The molecule has 7 nitrogen and oxygen atoms in total. The summed E-state index contributed by atoms with van der Waals surface area (Å²) in [7, 11) is 0. The fourth-order valence-electron chi connectivity index (χ4n) is 1.74. The Labute approximate surface area is 127 Å². The lowest BCUT2D eigenvalue weighted by Crippen LogP contribution is -2.45. The normalized spacial score (nSPS) is 10.7. The summed E-state index contributed by atoms with van der Waals surface area (Å²) in [5, 5.41) is 22.6. The van der Waals surface area contributed by atoms with Crippen molar-refractivity contribution >= 4 is 23.3 Å². The van der Waals surface area contributed by atoms with Crippen molar-refractivity contribution in [3.8, 4) is 0 Å². The van der Waals surface area contributed by atoms with Gasteiger partial charge in [-0.05, 0) is 20.3 Å². The van der Waals surface area contributed by atoms with E-state index in [1.54, 1.807) is 4.90 Å². The van der Waals surface area contributed by atoms with E-state index >= 15 is 0 Å². The summed E-state index contributed by atoms with van der Waals surface area (Å²) in [4.78, 5) is 28.3. The fourth-order valence-corrected chi connectivity index (χ4v) is 2.51. The number of carbonyl (C=O) groups excluding carboxylic acids is 1. The summed E-state index contributed by atoms with van der Waals surface area (Å²) in [6, 6.07) is -0.136. The predicted molar refractivity (Wildman–Crippen MR) is 79.7 cm³/mol. The molecule has 1 heterocycles. The molecule has 0 aliphatic carbocycles. The number of urea groups is 1. The van der Waals surface area contributed by atoms with E-state index in [4.69, 9.17) is 10.2 Å². The quantitative estimate of drug-likeness (QED) is 0.668. The minimum absolute atomic E-state index is 0.0353. The van der Waals surface area contributed by atoms with Crippen LogP contribution in [0.5, 0.6) is 0 Å². The van der Waals surface area contributed by atoms with Crippen LogP contribution in [-0.2, 0) is 6.42 Å². The first-order valence-corrected chi connectivity index (χ1v) is 7.66. The molecule has 0 aliphatic rings. The first-order valence-electron chi connectivity index (χ1n) is 6.78. The first kappa shape index (κ1) is 17.4. The van der Waals surface area contributed by atoms with Gasteiger partial charge in [-0.15, -0.1) is 11.3 Å². The lowest BCUT2D eigenvalue weighted by Gasteiger charge is -2.26. The topological polar surface area (TPSA) is 103 Å². The molecule has 0 unspecified atom stereocenters. The van der Waals surface area contributed by atoms with Gasteiger partial charge in [0.25, 0.3) is 0 Å². The van der Waals surface area contributed by atoms with E-state index in [1.165, 1.54) is 16.7 Å². The highest BCUT2D eigenvalue weighted by Crippen LogP contribution is 2.10. The van der Waals surface area contributed by atoms with Gasteiger partial charge in [0.15, 0.2) is 5.69 Å². The van der Waals surface area contributed by atoms with Gasteiger partial charge in [0.1, 0.15) is 0 Å². The lowest BCUT2D eigenvalue weighted by molar-refractivity contribution is 0.0691. The highest BCUT2D eigenvalue weighted by atomic mass is 32.1. The average molecular weight is 315 g/mol. The predicted octanol–water partition coefficient (Wildman–Crippen LogP) is 1.19. The fraction of sp³-hybridized carbons (Fsp3) is 0.615. The van der Waals surface area contributed by atoms with Crippen LogP contribution in [0, 0.1) is 0 Å². The molecule has 1 aromatic rings. The number of aliphatic hydroxyl groups excluding tert-OH is 1. The van der Waals surface area contributed by atoms with Crippen LogP contribution in [0.25, 0.3) is 0 Å². The molecule has 0 saturated carbocycles. The summed E-state index contributed by atoms with van der Waals surface area (Å²) < 4.78 is 0. The molecule has 21 heavy (non-hydrogen) atoms. The molecule has 0 saturated heterocycles. The van der Waals surface area contributed by atoms with E-state index in [0.717, 1.165) is 0 Å². The maximum Gasteiger partial charge on any atom is 0.355 e. The summed E-state index contributed by atoms with van der Waals surface area (Å²) in [5.41, 5.74) is 0.0353. The molecular weight excluding hydrogens is 294 g/mol. The molecule has 1 aromatic heterocycles. The van der Waals surface area contributed by atoms with Crippen LogP contribution in [0.4, 0.5) is 4.79 Å². The Kier molecular flexibility index (Phi) is 7.10. The zero-order valence-electron chi connectivity index (χ0n) is 12.2. The second-order valence-electron chi connectivity index (χ2n) is 4.78. The zero-order valence-corrected chi connectivity index (χ0v) is 13.0. The Balaban J connectivity index is 2.41. The number of amides is 2. The van der Waals surface area contributed by atoms with Crippen molar-refractivity contribution in [1.29, 1.82) is 0 Å². The number of aliphatic hydroxyl groups is 1. The third-order valence-corrected chi connectivity index (χ3v) is 3.74. The first-order chi connectivity index (χ1) is 9.95. The number of carboxylic acids is 1. The lowest BCUT2D eigenvalue weighted by atomic mass is 10.3. The van der Waals surface area contributed by atoms with Crippen molar-refractivity contribution in [1.82, 2.24) is 15.2 Å². The third-order valence-electron chi connectivity index (χ3n) is 2.83. The molecular formula is C13H21N3O4S.